The van der Waals surface area contributed by atoms with Gasteiger partial charge in [-0.05, 0) is 68.4 Å². The monoisotopic (exact) mass is 547 g/mol. The molecule has 1 aromatic carbocycles. The number of fused-ring (bicyclic) bond motifs is 1. The fourth-order valence-electron chi connectivity index (χ4n) is 4.72. The molecular weight excluding hydrogens is 502 g/mol. The van der Waals surface area contributed by atoms with Crippen LogP contribution in [0.1, 0.15) is 95.6 Å². The minimum absolute atomic E-state index is 0.296. The predicted octanol–water partition coefficient (Wildman–Crippen LogP) is 8.52. The van der Waals surface area contributed by atoms with Gasteiger partial charge in [-0.1, -0.05) is 83.1 Å². The summed E-state index contributed by atoms with van der Waals surface area (Å²) in [4.78, 5) is 28.5. The Balaban J connectivity index is 1.36. The van der Waals surface area contributed by atoms with Gasteiger partial charge in [-0.25, -0.2) is 9.59 Å². The highest BCUT2D eigenvalue weighted by molar-refractivity contribution is 5.86. The lowest BCUT2D eigenvalue weighted by molar-refractivity contribution is -0.139. The van der Waals surface area contributed by atoms with Crippen molar-refractivity contribution in [3.63, 3.8) is 0 Å². The van der Waals surface area contributed by atoms with Crippen molar-refractivity contribution in [3.8, 4) is 17.0 Å². The first-order chi connectivity index (χ1) is 19.4. The van der Waals surface area contributed by atoms with Crippen LogP contribution in [-0.2, 0) is 16.0 Å². The zero-order valence-corrected chi connectivity index (χ0v) is 24.6. The standard InChI is InChI=1S/C34H45NO5/c1-5-6-16-27-17-19-29(26(4)23-27)30-24-28-18-20-31(35-32(28)40-34(30)37)38-21-14-12-10-8-7-9-11-13-15-22-39-33(36)25(2)3/h17-20,23-24H,2,5-16,21-22H2,1,3-4H3. The average molecular weight is 548 g/mol. The van der Waals surface area contributed by atoms with Gasteiger partial charge in [0.1, 0.15) is 0 Å². The van der Waals surface area contributed by atoms with E-state index in [0.29, 0.717) is 35.9 Å². The molecule has 0 aliphatic carbocycles. The minimum atomic E-state index is -0.382. The smallest absolute Gasteiger partial charge is 0.345 e. The highest BCUT2D eigenvalue weighted by Gasteiger charge is 2.12. The van der Waals surface area contributed by atoms with Gasteiger partial charge in [0.15, 0.2) is 0 Å². The number of aryl methyl sites for hydroxylation is 2. The fourth-order valence-corrected chi connectivity index (χ4v) is 4.72. The molecule has 0 atom stereocenters. The molecule has 0 aliphatic rings. The molecule has 6 nitrogen and oxygen atoms in total. The third-order valence-electron chi connectivity index (χ3n) is 7.09. The predicted molar refractivity (Wildman–Crippen MR) is 162 cm³/mol. The highest BCUT2D eigenvalue weighted by atomic mass is 16.5. The van der Waals surface area contributed by atoms with E-state index in [4.69, 9.17) is 13.9 Å². The number of ether oxygens (including phenoxy) is 2. The molecule has 0 amide bonds. The Hall–Kier alpha value is -3.41. The van der Waals surface area contributed by atoms with Crippen molar-refractivity contribution in [1.29, 1.82) is 0 Å². The molecule has 0 spiro atoms. The Morgan fingerprint density at radius 3 is 2.20 bits per heavy atom. The Labute approximate surface area is 238 Å². The largest absolute Gasteiger partial charge is 0.478 e. The molecule has 40 heavy (non-hydrogen) atoms. The lowest BCUT2D eigenvalue weighted by Crippen LogP contribution is -2.06. The summed E-state index contributed by atoms with van der Waals surface area (Å²) in [6.07, 6.45) is 13.4. The van der Waals surface area contributed by atoms with Crippen LogP contribution in [0.15, 0.2) is 57.8 Å². The number of carbonyl (C=O) groups is 1. The lowest BCUT2D eigenvalue weighted by atomic mass is 9.97. The molecule has 2 aromatic heterocycles. The lowest BCUT2D eigenvalue weighted by Gasteiger charge is -2.09. The second-order valence-electron chi connectivity index (χ2n) is 10.7. The average Bonchev–Trinajstić information content (AvgIpc) is 2.94. The van der Waals surface area contributed by atoms with Crippen molar-refractivity contribution in [2.75, 3.05) is 13.2 Å². The van der Waals surface area contributed by atoms with E-state index in [1.54, 1.807) is 6.92 Å². The zero-order valence-electron chi connectivity index (χ0n) is 24.6. The van der Waals surface area contributed by atoms with E-state index >= 15 is 0 Å². The molecule has 6 heteroatoms. The maximum atomic E-state index is 12.8. The number of aromatic nitrogens is 1. The van der Waals surface area contributed by atoms with E-state index in [9.17, 15) is 9.59 Å². The van der Waals surface area contributed by atoms with Gasteiger partial charge in [0, 0.05) is 17.0 Å². The Kier molecular flexibility index (Phi) is 12.9. The second-order valence-corrected chi connectivity index (χ2v) is 10.7. The van der Waals surface area contributed by atoms with E-state index in [1.165, 1.54) is 37.7 Å². The molecule has 2 heterocycles. The van der Waals surface area contributed by atoms with Gasteiger partial charge in [0.25, 0.3) is 0 Å². The minimum Gasteiger partial charge on any atom is -0.478 e. The molecule has 216 valence electrons. The first kappa shape index (κ1) is 31.1. The normalized spacial score (nSPS) is 11.1. The van der Waals surface area contributed by atoms with Crippen LogP contribution in [0.2, 0.25) is 0 Å². The van der Waals surface area contributed by atoms with Crippen LogP contribution < -0.4 is 10.4 Å². The van der Waals surface area contributed by atoms with Crippen molar-refractivity contribution >= 4 is 17.1 Å². The van der Waals surface area contributed by atoms with Gasteiger partial charge in [-0.3, -0.25) is 0 Å². The third-order valence-corrected chi connectivity index (χ3v) is 7.09. The highest BCUT2D eigenvalue weighted by Crippen LogP contribution is 2.26. The van der Waals surface area contributed by atoms with Crippen LogP contribution in [0.3, 0.4) is 0 Å². The van der Waals surface area contributed by atoms with E-state index < -0.39 is 0 Å². The summed E-state index contributed by atoms with van der Waals surface area (Å²) in [5.41, 5.74) is 4.21. The molecule has 0 N–H and O–H groups in total. The zero-order chi connectivity index (χ0) is 28.7. The maximum Gasteiger partial charge on any atom is 0.345 e. The van der Waals surface area contributed by atoms with Crippen molar-refractivity contribution < 1.29 is 18.7 Å². The number of hydrogen-bond acceptors (Lipinski definition) is 6. The number of benzene rings is 1. The Morgan fingerprint density at radius 2 is 1.55 bits per heavy atom. The van der Waals surface area contributed by atoms with Crippen LogP contribution in [0.4, 0.5) is 0 Å². The van der Waals surface area contributed by atoms with Crippen LogP contribution in [-0.4, -0.2) is 24.2 Å². The Morgan fingerprint density at radius 1 is 0.875 bits per heavy atom. The summed E-state index contributed by atoms with van der Waals surface area (Å²) in [5.74, 6) is 0.184. The number of esters is 1. The molecule has 3 aromatic rings. The van der Waals surface area contributed by atoms with E-state index in [1.807, 2.05) is 31.2 Å². The fraction of sp³-hybridized carbons (Fsp3) is 0.500. The van der Waals surface area contributed by atoms with Gasteiger partial charge in [-0.2, -0.15) is 4.98 Å². The van der Waals surface area contributed by atoms with E-state index in [0.717, 1.165) is 61.5 Å². The van der Waals surface area contributed by atoms with Crippen LogP contribution in [0.25, 0.3) is 22.2 Å². The summed E-state index contributed by atoms with van der Waals surface area (Å²) in [5, 5.41) is 0.782. The second kappa shape index (κ2) is 16.6. The van der Waals surface area contributed by atoms with Crippen molar-refractivity contribution in [1.82, 2.24) is 4.98 Å². The summed E-state index contributed by atoms with van der Waals surface area (Å²) >= 11 is 0. The molecule has 0 saturated carbocycles. The third kappa shape index (κ3) is 9.96. The number of nitrogens with zero attached hydrogens (tertiary/aromatic N) is 1. The van der Waals surface area contributed by atoms with Gasteiger partial charge < -0.3 is 13.9 Å². The van der Waals surface area contributed by atoms with Gasteiger partial charge in [0.2, 0.25) is 11.6 Å². The molecule has 0 unspecified atom stereocenters. The molecule has 0 radical (unpaired) electrons. The van der Waals surface area contributed by atoms with Crippen molar-refractivity contribution in [2.24, 2.45) is 0 Å². The van der Waals surface area contributed by atoms with Crippen LogP contribution >= 0.6 is 0 Å². The van der Waals surface area contributed by atoms with Crippen LogP contribution in [0.5, 0.6) is 5.88 Å². The van der Waals surface area contributed by atoms with Gasteiger partial charge in [0.05, 0.1) is 18.8 Å². The molecule has 0 aliphatic heterocycles. The SMILES string of the molecule is C=C(C)C(=O)OCCCCCCCCCCCOc1ccc2cc(-c3ccc(CCCC)cc3C)c(=O)oc2n1. The molecule has 3 rings (SSSR count). The van der Waals surface area contributed by atoms with Gasteiger partial charge in [-0.15, -0.1) is 0 Å². The topological polar surface area (TPSA) is 78.6 Å². The summed E-state index contributed by atoms with van der Waals surface area (Å²) in [6, 6.07) is 11.9. The molecule has 0 saturated heterocycles. The molecule has 0 bridgehead atoms. The maximum absolute atomic E-state index is 12.8. The first-order valence-electron chi connectivity index (χ1n) is 14.9. The number of unbranched alkanes of at least 4 members (excludes halogenated alkanes) is 9. The van der Waals surface area contributed by atoms with Crippen molar-refractivity contribution in [2.45, 2.75) is 97.8 Å². The first-order valence-corrected chi connectivity index (χ1v) is 14.9. The quantitative estimate of drug-likeness (QED) is 0.0902. The number of carbonyl (C=O) groups excluding carboxylic acids is 1. The summed E-state index contributed by atoms with van der Waals surface area (Å²) < 4.78 is 16.5. The van der Waals surface area contributed by atoms with Crippen LogP contribution in [0, 0.1) is 6.92 Å². The summed E-state index contributed by atoms with van der Waals surface area (Å²) in [7, 11) is 0. The molecule has 0 fully saturated rings. The number of rotatable bonds is 18. The van der Waals surface area contributed by atoms with E-state index in [-0.39, 0.29) is 11.6 Å². The van der Waals surface area contributed by atoms with Gasteiger partial charge >= 0.3 is 11.6 Å². The Bertz CT molecular complexity index is 1310. The number of pyridine rings is 1. The van der Waals surface area contributed by atoms with E-state index in [2.05, 4.69) is 30.6 Å². The summed E-state index contributed by atoms with van der Waals surface area (Å²) in [6.45, 7) is 10.6. The number of hydrogen-bond donors (Lipinski definition) is 0. The molecular formula is C34H45NO5. The van der Waals surface area contributed by atoms with Crippen molar-refractivity contribution in [3.05, 3.63) is 70.1 Å².